The predicted molar refractivity (Wildman–Crippen MR) is 91.3 cm³/mol. The van der Waals surface area contributed by atoms with Crippen LogP contribution in [-0.4, -0.2) is 15.9 Å². The van der Waals surface area contributed by atoms with E-state index in [2.05, 4.69) is 20.6 Å². The first-order valence-electron chi connectivity index (χ1n) is 7.39. The molecule has 0 fully saturated rings. The molecule has 3 aromatic rings. The Labute approximate surface area is 148 Å². The van der Waals surface area contributed by atoms with E-state index in [1.54, 1.807) is 19.1 Å². The molecule has 0 radical (unpaired) electrons. The van der Waals surface area contributed by atoms with Crippen LogP contribution in [0.3, 0.4) is 0 Å². The van der Waals surface area contributed by atoms with E-state index in [0.717, 1.165) is 0 Å². The average Bonchev–Trinajstić information content (AvgIpc) is 3.09. The quantitative estimate of drug-likeness (QED) is 0.722. The minimum Gasteiger partial charge on any atom is -0.467 e. The van der Waals surface area contributed by atoms with Crippen LogP contribution in [0.5, 0.6) is 0 Å². The van der Waals surface area contributed by atoms with Gasteiger partial charge in [-0.05, 0) is 37.3 Å². The molecule has 0 aliphatic carbocycles. The van der Waals surface area contributed by atoms with E-state index in [9.17, 15) is 9.18 Å². The average molecular weight is 361 g/mol. The number of hydrogen-bond donors (Lipinski definition) is 2. The maximum Gasteiger partial charge on any atom is 0.270 e. The summed E-state index contributed by atoms with van der Waals surface area (Å²) in [5.41, 5.74) is 0.751. The van der Waals surface area contributed by atoms with E-state index in [0.29, 0.717) is 23.1 Å². The molecule has 0 bridgehead atoms. The van der Waals surface area contributed by atoms with Gasteiger partial charge in [0.25, 0.3) is 5.91 Å². The number of nitrogens with one attached hydrogen (secondary N) is 2. The summed E-state index contributed by atoms with van der Waals surface area (Å²) in [6.45, 7) is 1.93. The number of anilines is 2. The summed E-state index contributed by atoms with van der Waals surface area (Å²) in [5, 5.41) is 5.68. The number of carbonyl (C=O) groups excluding carboxylic acids is 1. The van der Waals surface area contributed by atoms with Crippen LogP contribution in [0.15, 0.2) is 47.1 Å². The largest absolute Gasteiger partial charge is 0.467 e. The maximum absolute atomic E-state index is 13.2. The monoisotopic (exact) mass is 360 g/mol. The summed E-state index contributed by atoms with van der Waals surface area (Å²) >= 11 is 5.76. The molecule has 2 heterocycles. The fourth-order valence-corrected chi connectivity index (χ4v) is 2.32. The van der Waals surface area contributed by atoms with Crippen molar-refractivity contribution in [3.63, 3.8) is 0 Å². The molecule has 0 saturated carbocycles. The number of amides is 1. The molecule has 0 atom stereocenters. The molecule has 8 heteroatoms. The first kappa shape index (κ1) is 16.9. The second-order valence-corrected chi connectivity index (χ2v) is 5.61. The van der Waals surface area contributed by atoms with Gasteiger partial charge in [0, 0.05) is 11.8 Å². The Balaban J connectivity index is 1.75. The minimum atomic E-state index is -0.510. The summed E-state index contributed by atoms with van der Waals surface area (Å²) in [6.07, 6.45) is 1.53. The zero-order valence-electron chi connectivity index (χ0n) is 13.2. The van der Waals surface area contributed by atoms with Gasteiger partial charge < -0.3 is 15.1 Å². The Morgan fingerprint density at radius 3 is 2.84 bits per heavy atom. The van der Waals surface area contributed by atoms with Crippen molar-refractivity contribution in [1.29, 1.82) is 0 Å². The number of aromatic nitrogens is 2. The molecule has 0 aliphatic heterocycles. The van der Waals surface area contributed by atoms with Gasteiger partial charge in [0.05, 0.1) is 17.8 Å². The first-order chi connectivity index (χ1) is 12.0. The lowest BCUT2D eigenvalue weighted by Gasteiger charge is -2.09. The van der Waals surface area contributed by atoms with Gasteiger partial charge in [-0.15, -0.1) is 0 Å². The van der Waals surface area contributed by atoms with E-state index in [1.807, 2.05) is 0 Å². The van der Waals surface area contributed by atoms with Gasteiger partial charge in [0.15, 0.2) is 0 Å². The highest BCUT2D eigenvalue weighted by Gasteiger charge is 2.11. The van der Waals surface area contributed by atoms with Gasteiger partial charge in [-0.2, -0.15) is 0 Å². The van der Waals surface area contributed by atoms with Crippen molar-refractivity contribution in [1.82, 2.24) is 15.3 Å². The number of aryl methyl sites for hydroxylation is 1. The molecule has 3 rings (SSSR count). The van der Waals surface area contributed by atoms with Crippen LogP contribution < -0.4 is 10.6 Å². The van der Waals surface area contributed by atoms with Crippen LogP contribution in [-0.2, 0) is 6.54 Å². The maximum atomic E-state index is 13.2. The molecule has 2 N–H and O–H groups in total. The highest BCUT2D eigenvalue weighted by Crippen LogP contribution is 2.22. The van der Waals surface area contributed by atoms with Crippen molar-refractivity contribution < 1.29 is 13.6 Å². The molecule has 0 unspecified atom stereocenters. The van der Waals surface area contributed by atoms with E-state index < -0.39 is 5.82 Å². The molecular weight excluding hydrogens is 347 g/mol. The van der Waals surface area contributed by atoms with Crippen molar-refractivity contribution in [2.45, 2.75) is 13.5 Å². The zero-order chi connectivity index (χ0) is 17.8. The van der Waals surface area contributed by atoms with Crippen LogP contribution in [0, 0.1) is 12.7 Å². The zero-order valence-corrected chi connectivity index (χ0v) is 14.0. The Kier molecular flexibility index (Phi) is 4.95. The minimum absolute atomic E-state index is 0.00723. The smallest absolute Gasteiger partial charge is 0.270 e. The van der Waals surface area contributed by atoms with Gasteiger partial charge in [-0.3, -0.25) is 4.79 Å². The highest BCUT2D eigenvalue weighted by molar-refractivity contribution is 6.31. The molecule has 6 nitrogen and oxygen atoms in total. The van der Waals surface area contributed by atoms with Crippen LogP contribution in [0.2, 0.25) is 5.02 Å². The SMILES string of the molecule is Cc1nc(Nc2ccc(F)c(Cl)c2)cc(C(=O)NCc2ccco2)n1. The molecule has 0 spiro atoms. The third-order valence-corrected chi connectivity index (χ3v) is 3.56. The number of benzene rings is 1. The summed E-state index contributed by atoms with van der Waals surface area (Å²) in [4.78, 5) is 20.6. The number of halogens is 2. The number of carbonyl (C=O) groups is 1. The molecule has 1 amide bonds. The molecule has 0 saturated heterocycles. The van der Waals surface area contributed by atoms with E-state index >= 15 is 0 Å². The fraction of sp³-hybridized carbons (Fsp3) is 0.118. The Hall–Kier alpha value is -2.93. The lowest BCUT2D eigenvalue weighted by Crippen LogP contribution is -2.24. The summed E-state index contributed by atoms with van der Waals surface area (Å²) < 4.78 is 18.4. The van der Waals surface area contributed by atoms with Crippen LogP contribution >= 0.6 is 11.6 Å². The molecular formula is C17H14ClFN4O2. The molecule has 1 aromatic carbocycles. The Morgan fingerprint density at radius 1 is 1.28 bits per heavy atom. The van der Waals surface area contributed by atoms with Gasteiger partial charge in [0.1, 0.15) is 28.9 Å². The summed E-state index contributed by atoms with van der Waals surface area (Å²) in [5.74, 6) is 0.587. The van der Waals surface area contributed by atoms with Gasteiger partial charge in [0.2, 0.25) is 0 Å². The van der Waals surface area contributed by atoms with Crippen molar-refractivity contribution in [2.24, 2.45) is 0 Å². The third-order valence-electron chi connectivity index (χ3n) is 3.27. The highest BCUT2D eigenvalue weighted by atomic mass is 35.5. The molecule has 25 heavy (non-hydrogen) atoms. The topological polar surface area (TPSA) is 80.0 Å². The predicted octanol–water partition coefficient (Wildman–Crippen LogP) is 3.84. The lowest BCUT2D eigenvalue weighted by atomic mass is 10.3. The second kappa shape index (κ2) is 7.31. The number of rotatable bonds is 5. The number of nitrogens with zero attached hydrogens (tertiary/aromatic N) is 2. The fourth-order valence-electron chi connectivity index (χ4n) is 2.14. The van der Waals surface area contributed by atoms with E-state index in [1.165, 1.54) is 30.5 Å². The molecule has 2 aromatic heterocycles. The van der Waals surface area contributed by atoms with Crippen LogP contribution in [0.1, 0.15) is 22.1 Å². The van der Waals surface area contributed by atoms with Crippen molar-refractivity contribution >= 4 is 29.0 Å². The number of furan rings is 1. The molecule has 0 aliphatic rings. The van der Waals surface area contributed by atoms with E-state index in [-0.39, 0.29) is 23.2 Å². The van der Waals surface area contributed by atoms with E-state index in [4.69, 9.17) is 16.0 Å². The van der Waals surface area contributed by atoms with Crippen molar-refractivity contribution in [2.75, 3.05) is 5.32 Å². The standard InChI is InChI=1S/C17H14ClFN4O2/c1-10-21-15(17(24)20-9-12-3-2-6-25-12)8-16(22-10)23-11-4-5-14(19)13(18)7-11/h2-8H,9H2,1H3,(H,20,24)(H,21,22,23). The van der Waals surface area contributed by atoms with Crippen molar-refractivity contribution in [3.8, 4) is 0 Å². The lowest BCUT2D eigenvalue weighted by molar-refractivity contribution is 0.0942. The summed E-state index contributed by atoms with van der Waals surface area (Å²) in [7, 11) is 0. The van der Waals surface area contributed by atoms with Gasteiger partial charge in [-0.1, -0.05) is 11.6 Å². The third kappa shape index (κ3) is 4.33. The Morgan fingerprint density at radius 2 is 2.12 bits per heavy atom. The van der Waals surface area contributed by atoms with Gasteiger partial charge >= 0.3 is 0 Å². The van der Waals surface area contributed by atoms with Gasteiger partial charge in [-0.25, -0.2) is 14.4 Å². The van der Waals surface area contributed by atoms with Crippen LogP contribution in [0.4, 0.5) is 15.9 Å². The summed E-state index contributed by atoms with van der Waals surface area (Å²) in [6, 6.07) is 9.21. The first-order valence-corrected chi connectivity index (χ1v) is 7.77. The van der Waals surface area contributed by atoms with Crippen molar-refractivity contribution in [3.05, 3.63) is 70.8 Å². The molecule has 128 valence electrons. The van der Waals surface area contributed by atoms with Crippen LogP contribution in [0.25, 0.3) is 0 Å². The second-order valence-electron chi connectivity index (χ2n) is 5.20. The normalized spacial score (nSPS) is 10.5. The number of hydrogen-bond acceptors (Lipinski definition) is 5. The Bertz CT molecular complexity index is 900.